The zero-order valence-electron chi connectivity index (χ0n) is 39.7. The summed E-state index contributed by atoms with van der Waals surface area (Å²) in [5, 5.41) is 23.0. The maximum absolute atomic E-state index is 12.4. The number of hydrogen-bond acceptors (Lipinski definition) is 5. The van der Waals surface area contributed by atoms with Crippen LogP contribution in [0.15, 0.2) is 48.6 Å². The van der Waals surface area contributed by atoms with E-state index in [1.807, 2.05) is 12.2 Å². The fourth-order valence-electron chi connectivity index (χ4n) is 7.56. The Morgan fingerprint density at radius 2 is 0.850 bits per heavy atom. The quantitative estimate of drug-likeness (QED) is 0.0322. The van der Waals surface area contributed by atoms with Crippen LogP contribution in [0.2, 0.25) is 0 Å². The molecule has 0 aliphatic rings. The van der Waals surface area contributed by atoms with Gasteiger partial charge in [0.25, 0.3) is 0 Å². The number of allylic oxidation sites excluding steroid dienone is 7. The van der Waals surface area contributed by atoms with Crippen LogP contribution in [0.25, 0.3) is 0 Å². The summed E-state index contributed by atoms with van der Waals surface area (Å²) in [5.41, 5.74) is 0. The number of carbonyl (C=O) groups excluding carboxylic acids is 2. The van der Waals surface area contributed by atoms with Gasteiger partial charge in [-0.05, 0) is 77.0 Å². The number of hydrogen-bond donors (Lipinski definition) is 3. The third-order valence-corrected chi connectivity index (χ3v) is 11.6. The van der Waals surface area contributed by atoms with E-state index in [1.54, 1.807) is 6.08 Å². The predicted octanol–water partition coefficient (Wildman–Crippen LogP) is 15.5. The van der Waals surface area contributed by atoms with Crippen LogP contribution in [-0.4, -0.2) is 47.4 Å². The molecule has 2 unspecified atom stereocenters. The van der Waals surface area contributed by atoms with Gasteiger partial charge in [-0.3, -0.25) is 9.59 Å². The SMILES string of the molecule is CCCCCCC/C=C\CCCCCCCC(=O)OCCCCCCCC/C=C\C/C=C\CCC(=O)NC(CO)C(O)/C=C/CCCCCCCCCCCCCCCC. The summed E-state index contributed by atoms with van der Waals surface area (Å²) in [5.74, 6) is -0.177. The van der Waals surface area contributed by atoms with Crippen molar-refractivity contribution < 1.29 is 24.5 Å². The average Bonchev–Trinajstić information content (AvgIpc) is 3.25. The van der Waals surface area contributed by atoms with Crippen molar-refractivity contribution in [2.75, 3.05) is 13.2 Å². The Labute approximate surface area is 372 Å². The Morgan fingerprint density at radius 1 is 0.467 bits per heavy atom. The number of carbonyl (C=O) groups is 2. The smallest absolute Gasteiger partial charge is 0.305 e. The molecule has 6 nitrogen and oxygen atoms in total. The molecule has 0 saturated carbocycles. The molecule has 0 aliphatic carbocycles. The molecule has 3 N–H and O–H groups in total. The normalized spacial score (nSPS) is 13.1. The Morgan fingerprint density at radius 3 is 1.32 bits per heavy atom. The average molecular weight is 842 g/mol. The van der Waals surface area contributed by atoms with E-state index in [9.17, 15) is 19.8 Å². The first-order chi connectivity index (χ1) is 29.5. The number of rotatable bonds is 47. The molecule has 0 rings (SSSR count). The van der Waals surface area contributed by atoms with E-state index in [4.69, 9.17) is 4.74 Å². The van der Waals surface area contributed by atoms with Crippen molar-refractivity contribution in [2.24, 2.45) is 0 Å². The minimum absolute atomic E-state index is 0.0278. The number of unbranched alkanes of at least 4 members (excludes halogenated alkanes) is 30. The minimum Gasteiger partial charge on any atom is -0.466 e. The van der Waals surface area contributed by atoms with Crippen LogP contribution in [0.4, 0.5) is 0 Å². The Kier molecular flexibility index (Phi) is 47.7. The van der Waals surface area contributed by atoms with Crippen LogP contribution in [0.3, 0.4) is 0 Å². The van der Waals surface area contributed by atoms with Crippen LogP contribution in [-0.2, 0) is 14.3 Å². The molecule has 0 heterocycles. The highest BCUT2D eigenvalue weighted by Crippen LogP contribution is 2.15. The van der Waals surface area contributed by atoms with Crippen LogP contribution < -0.4 is 5.32 Å². The monoisotopic (exact) mass is 842 g/mol. The molecule has 0 radical (unpaired) electrons. The van der Waals surface area contributed by atoms with Crippen molar-refractivity contribution in [1.29, 1.82) is 0 Å². The Balaban J connectivity index is 3.60. The second-order valence-electron chi connectivity index (χ2n) is 17.5. The molecule has 0 aromatic carbocycles. The van der Waals surface area contributed by atoms with E-state index in [0.717, 1.165) is 51.4 Å². The second-order valence-corrected chi connectivity index (χ2v) is 17.5. The molecule has 0 aromatic heterocycles. The summed E-state index contributed by atoms with van der Waals surface area (Å²) < 4.78 is 5.44. The van der Waals surface area contributed by atoms with Crippen LogP contribution >= 0.6 is 0 Å². The lowest BCUT2D eigenvalue weighted by molar-refractivity contribution is -0.143. The van der Waals surface area contributed by atoms with E-state index in [1.165, 1.54) is 173 Å². The van der Waals surface area contributed by atoms with Crippen LogP contribution in [0, 0.1) is 0 Å². The van der Waals surface area contributed by atoms with Gasteiger partial charge in [0.2, 0.25) is 5.91 Å². The first-order valence-electron chi connectivity index (χ1n) is 25.9. The summed E-state index contributed by atoms with van der Waals surface area (Å²) in [6.45, 7) is 4.82. The second kappa shape index (κ2) is 49.5. The van der Waals surface area contributed by atoms with Crippen molar-refractivity contribution in [3.63, 3.8) is 0 Å². The van der Waals surface area contributed by atoms with Gasteiger partial charge in [-0.25, -0.2) is 0 Å². The van der Waals surface area contributed by atoms with E-state index in [0.29, 0.717) is 25.9 Å². The number of aliphatic hydroxyl groups is 2. The van der Waals surface area contributed by atoms with Gasteiger partial charge in [-0.2, -0.15) is 0 Å². The molecular weight excluding hydrogens is 743 g/mol. The van der Waals surface area contributed by atoms with Crippen LogP contribution in [0.5, 0.6) is 0 Å². The van der Waals surface area contributed by atoms with Crippen molar-refractivity contribution in [2.45, 2.75) is 270 Å². The van der Waals surface area contributed by atoms with Gasteiger partial charge in [0.15, 0.2) is 0 Å². The number of nitrogens with one attached hydrogen (secondary N) is 1. The first-order valence-corrected chi connectivity index (χ1v) is 25.9. The zero-order valence-corrected chi connectivity index (χ0v) is 39.7. The van der Waals surface area contributed by atoms with Gasteiger partial charge >= 0.3 is 5.97 Å². The number of ether oxygens (including phenoxy) is 1. The third kappa shape index (κ3) is 45.3. The summed E-state index contributed by atoms with van der Waals surface area (Å²) in [6.07, 6.45) is 61.2. The predicted molar refractivity (Wildman–Crippen MR) is 259 cm³/mol. The van der Waals surface area contributed by atoms with Gasteiger partial charge < -0.3 is 20.3 Å². The lowest BCUT2D eigenvalue weighted by atomic mass is 10.0. The highest BCUT2D eigenvalue weighted by molar-refractivity contribution is 5.76. The van der Waals surface area contributed by atoms with Gasteiger partial charge in [0.05, 0.1) is 25.4 Å². The van der Waals surface area contributed by atoms with Gasteiger partial charge in [-0.1, -0.05) is 217 Å². The fraction of sp³-hybridized carbons (Fsp3) is 0.815. The minimum atomic E-state index is -0.880. The van der Waals surface area contributed by atoms with E-state index < -0.39 is 12.1 Å². The lowest BCUT2D eigenvalue weighted by Crippen LogP contribution is -2.45. The van der Waals surface area contributed by atoms with E-state index in [-0.39, 0.29) is 18.5 Å². The molecule has 60 heavy (non-hydrogen) atoms. The standard InChI is InChI=1S/C54H99NO5/c1-3-5-7-9-11-13-15-17-19-20-22-26-30-34-38-42-46-52(57)51(50-56)55-53(58)47-43-39-35-31-27-23-21-25-29-33-37-41-45-49-60-54(59)48-44-40-36-32-28-24-18-16-14-12-10-8-6-4-2/h16,18,23,27,35,39,42,46,51-52,56-57H,3-15,17,19-22,24-26,28-34,36-38,40-41,43-45,47-50H2,1-2H3,(H,55,58)/b18-16-,27-23-,39-35-,46-42+. The van der Waals surface area contributed by atoms with Gasteiger partial charge in [-0.15, -0.1) is 0 Å². The highest BCUT2D eigenvalue weighted by atomic mass is 16.5. The fourth-order valence-corrected chi connectivity index (χ4v) is 7.56. The third-order valence-electron chi connectivity index (χ3n) is 11.6. The number of esters is 1. The summed E-state index contributed by atoms with van der Waals surface area (Å²) in [6, 6.07) is -0.672. The molecule has 1 amide bonds. The maximum Gasteiger partial charge on any atom is 0.305 e. The first kappa shape index (κ1) is 57.8. The van der Waals surface area contributed by atoms with Crippen molar-refractivity contribution in [3.05, 3.63) is 48.6 Å². The van der Waals surface area contributed by atoms with E-state index in [2.05, 4.69) is 49.5 Å². The lowest BCUT2D eigenvalue weighted by Gasteiger charge is -2.19. The van der Waals surface area contributed by atoms with Crippen molar-refractivity contribution in [3.8, 4) is 0 Å². The van der Waals surface area contributed by atoms with E-state index >= 15 is 0 Å². The number of aliphatic hydroxyl groups excluding tert-OH is 2. The van der Waals surface area contributed by atoms with Crippen molar-refractivity contribution in [1.82, 2.24) is 5.32 Å². The Hall–Kier alpha value is -2.18. The molecule has 2 atom stereocenters. The molecular formula is C54H99NO5. The Bertz CT molecular complexity index is 1020. The number of amides is 1. The molecule has 0 fully saturated rings. The van der Waals surface area contributed by atoms with Crippen molar-refractivity contribution >= 4 is 11.9 Å². The molecule has 6 heteroatoms. The largest absolute Gasteiger partial charge is 0.466 e. The molecule has 350 valence electrons. The summed E-state index contributed by atoms with van der Waals surface area (Å²) >= 11 is 0. The molecule has 0 aromatic rings. The maximum atomic E-state index is 12.4. The molecule has 0 saturated heterocycles. The highest BCUT2D eigenvalue weighted by Gasteiger charge is 2.17. The topological polar surface area (TPSA) is 95.9 Å². The zero-order chi connectivity index (χ0) is 43.7. The summed E-state index contributed by atoms with van der Waals surface area (Å²) in [4.78, 5) is 24.4. The van der Waals surface area contributed by atoms with Gasteiger partial charge in [0, 0.05) is 12.8 Å². The van der Waals surface area contributed by atoms with Gasteiger partial charge in [0.1, 0.15) is 0 Å². The summed E-state index contributed by atoms with van der Waals surface area (Å²) in [7, 11) is 0. The van der Waals surface area contributed by atoms with Crippen LogP contribution in [0.1, 0.15) is 258 Å². The molecule has 0 aliphatic heterocycles. The molecule has 0 bridgehead atoms. The molecule has 0 spiro atoms.